The maximum absolute atomic E-state index is 15.3. The van der Waals surface area contributed by atoms with Crippen LogP contribution in [0.3, 0.4) is 0 Å². The maximum Gasteiger partial charge on any atom is 0.469 e. The lowest BCUT2D eigenvalue weighted by atomic mass is 9.62. The Morgan fingerprint density at radius 3 is 2.32 bits per heavy atom. The summed E-state index contributed by atoms with van der Waals surface area (Å²) in [6, 6.07) is 9.26. The Balaban J connectivity index is 0.000000130. The first-order valence-corrected chi connectivity index (χ1v) is 37.8. The topological polar surface area (TPSA) is 521 Å². The number of alkyl halides is 3. The summed E-state index contributed by atoms with van der Waals surface area (Å²) in [4.78, 5) is 92.7. The molecule has 3 aliphatic carbocycles. The molecule has 0 amide bonds. The first kappa shape index (κ1) is 79.7. The van der Waals surface area contributed by atoms with Gasteiger partial charge in [-0.25, -0.2) is 33.5 Å². The molecule has 598 valence electrons. The van der Waals surface area contributed by atoms with Crippen LogP contribution in [0.4, 0.5) is 40.7 Å². The van der Waals surface area contributed by atoms with Crippen molar-refractivity contribution in [1.29, 1.82) is 0 Å². The van der Waals surface area contributed by atoms with Crippen LogP contribution in [-0.4, -0.2) is 231 Å². The summed E-state index contributed by atoms with van der Waals surface area (Å²) >= 11 is 5.74. The van der Waals surface area contributed by atoms with Crippen molar-refractivity contribution in [3.8, 4) is 5.75 Å². The van der Waals surface area contributed by atoms with Crippen LogP contribution in [0.1, 0.15) is 134 Å². The van der Waals surface area contributed by atoms with Gasteiger partial charge in [0.25, 0.3) is 0 Å². The van der Waals surface area contributed by atoms with E-state index in [9.17, 15) is 67.7 Å². The molecule has 0 radical (unpaired) electrons. The number of aliphatic hydroxyl groups is 6. The van der Waals surface area contributed by atoms with E-state index in [-0.39, 0.29) is 71.6 Å². The number of hydrogen-bond acceptors (Lipinski definition) is 29. The number of phosphoric ester groups is 1. The number of fused-ring (bicyclic) bond motifs is 7. The monoisotopic (exact) mass is 1590 g/mol. The van der Waals surface area contributed by atoms with E-state index in [1.807, 2.05) is 4.90 Å². The number of Topliss-reactive ketones (excluding diaryl/α,β-unsaturated/α-hetero) is 1. The van der Waals surface area contributed by atoms with Crippen molar-refractivity contribution in [1.82, 2.24) is 53.4 Å². The summed E-state index contributed by atoms with van der Waals surface area (Å²) in [5.74, 6) is -1.98. The van der Waals surface area contributed by atoms with Gasteiger partial charge in [-0.15, -0.1) is 0 Å². The average Bonchev–Trinajstić information content (AvgIpc) is 1.71. The number of nitrogens with one attached hydrogen (secondary N) is 1. The highest BCUT2D eigenvalue weighted by atomic mass is 35.5. The number of aromatic carboxylic acids is 1. The molecule has 8 fully saturated rings. The fourth-order valence-corrected chi connectivity index (χ4v) is 17.0. The van der Waals surface area contributed by atoms with Crippen LogP contribution in [0.2, 0.25) is 0 Å². The molecule has 36 nitrogen and oxygen atoms in total. The van der Waals surface area contributed by atoms with E-state index < -0.39 is 111 Å². The summed E-state index contributed by atoms with van der Waals surface area (Å²) < 4.78 is 91.6. The second kappa shape index (κ2) is 32.4. The number of hydrogen-bond donors (Lipinski definition) is 14. The zero-order valence-electron chi connectivity index (χ0n) is 59.1. The standard InChI is InChI=1S/C21H24FN3O4.C20H25NO.C10H13FN5O7P.C9H11F2N3O4.C8H12ClN5O3.H2/c1-29-20-17-13(19(26)14(21(27)28)9-25(17)12-4-5-12)7-15(22)18(20)24-8-11-3-2-6-23-16(11)10-24;22-20-16-6-2-4-14-3-1-5-15(19(14)16)11-17(20)18-12-21-9-7-13(18)8-10-21;11-10-14-7(12)4-8(15-10)16(2-13-4)9-6(18)5(17)3(23-9)1-22-24(19,20)21;10-9(11)6(16)4(3-15)18-7(9)14-2-1-5(12)13-8(14)17;9-8-12-6(10)5-7(14(8)17)13(3-11-5)4(16)1-2-15;/h7,9,11-12,16,23H,2-6,8,10H2,1H3,(H,27,28);2,4,6,13,15,17-18H,1,3,5,7-12H2;2-3,5-6,9,17-18H,1H2,(H2,12,14,15)(H2,19,20,21);1-2,4,6-7,15-16H,3H2,(H2,12,13,17);3-4,8,15-17H,1-2H2,(H2,10,12);1H/t11-,16+;15-,17+,18-;;;;/m01..../s1. The molecule has 2 bridgehead atoms. The van der Waals surface area contributed by atoms with Crippen molar-refractivity contribution >= 4 is 82.2 Å². The highest BCUT2D eigenvalue weighted by molar-refractivity contribution is 7.46. The van der Waals surface area contributed by atoms with Crippen LogP contribution in [0.5, 0.6) is 5.75 Å². The van der Waals surface area contributed by atoms with Gasteiger partial charge in [0.2, 0.25) is 17.3 Å². The lowest BCUT2D eigenvalue weighted by Gasteiger charge is -2.49. The number of pyridine rings is 1. The fourth-order valence-electron chi connectivity index (χ4n) is 16.5. The number of anilines is 4. The van der Waals surface area contributed by atoms with E-state index in [2.05, 4.69) is 62.9 Å². The number of nitrogen functional groups attached to an aromatic ring is 2. The Morgan fingerprint density at radius 1 is 0.909 bits per heavy atom. The number of ether oxygens (including phenoxy) is 3. The molecule has 17 N–H and O–H groups in total. The van der Waals surface area contributed by atoms with Gasteiger partial charge in [0, 0.05) is 70.0 Å². The predicted molar refractivity (Wildman–Crippen MR) is 384 cm³/mol. The van der Waals surface area contributed by atoms with Crippen LogP contribution in [0.15, 0.2) is 70.0 Å². The van der Waals surface area contributed by atoms with Crippen molar-refractivity contribution in [3.63, 3.8) is 0 Å². The maximum atomic E-state index is 15.3. The van der Waals surface area contributed by atoms with Gasteiger partial charge >= 0.3 is 31.5 Å². The van der Waals surface area contributed by atoms with E-state index >= 15 is 4.39 Å². The molecule has 9 unspecified atom stereocenters. The Labute approximate surface area is 628 Å². The number of aliphatic imine (C=N–C) groups is 1. The highest BCUT2D eigenvalue weighted by Crippen LogP contribution is 2.50. The zero-order chi connectivity index (χ0) is 78.7. The number of rotatable bonds is 14. The van der Waals surface area contributed by atoms with Gasteiger partial charge in [0.05, 0.1) is 43.9 Å². The third-order valence-corrected chi connectivity index (χ3v) is 22.7. The van der Waals surface area contributed by atoms with Crippen LogP contribution < -0.4 is 48.3 Å². The number of aryl methyl sites for hydroxylation is 1. The lowest BCUT2D eigenvalue weighted by molar-refractivity contribution is -0.140. The first-order valence-electron chi connectivity index (χ1n) is 35.8. The SMILES string of the molecule is COc1c(N2C[C@@H]3CCCN[C@@H]3C2)c(F)cc2c(=O)c(C(=O)O)cn(C3CC3)c12.NC1=NC(Cl)N(O)c2c1ncn2C(O)CCO.Nc1ccn(C2OC(CO)C(O)C2(F)F)c(=O)n1.Nc1nc(F)nc2c1ncn2C1OC(COP(=O)(O)O)C(O)C1O.O=C1c2cccc3c2[C@H](CCC3)C[C@H]1[C@@H]1CN2CCC1CC2.[HH]. The molecule has 18 rings (SSSR count). The Hall–Kier alpha value is -8.42. The number of imidazole rings is 2. The number of halogens is 5. The lowest BCUT2D eigenvalue weighted by Crippen LogP contribution is -2.52. The number of carboxylic acid groups (broad SMARTS) is 1. The summed E-state index contributed by atoms with van der Waals surface area (Å²) in [6.45, 7) is 4.46. The fraction of sp³-hybridized carbons (Fsp3) is 0.559. The minimum absolute atomic E-state index is 0. The van der Waals surface area contributed by atoms with Gasteiger partial charge in [-0.1, -0.05) is 29.8 Å². The number of hydroxylamine groups is 1. The summed E-state index contributed by atoms with van der Waals surface area (Å²) in [5, 5.41) is 80.1. The number of aromatic nitrogens is 9. The minimum Gasteiger partial charge on any atom is -0.492 e. The number of phosphoric acid groups is 1. The number of ketones is 1. The van der Waals surface area contributed by atoms with Crippen molar-refractivity contribution in [3.05, 3.63) is 116 Å². The molecular formula is C68H87ClF4N17O19P. The van der Waals surface area contributed by atoms with E-state index in [0.717, 1.165) is 79.8 Å². The highest BCUT2D eigenvalue weighted by Gasteiger charge is 2.60. The van der Waals surface area contributed by atoms with Crippen molar-refractivity contribution in [2.24, 2.45) is 34.4 Å². The molecule has 0 spiro atoms. The number of aliphatic hydroxyl groups excluding tert-OH is 6. The number of carbonyl (C=O) groups is 2. The van der Waals surface area contributed by atoms with Gasteiger partial charge in [-0.2, -0.15) is 33.2 Å². The molecule has 110 heavy (non-hydrogen) atoms. The number of piperidine rings is 4. The number of amidine groups is 1. The summed E-state index contributed by atoms with van der Waals surface area (Å²) in [7, 11) is -3.30. The number of nitrogens with zero attached hydrogens (tertiary/aromatic N) is 13. The van der Waals surface area contributed by atoms with Crippen LogP contribution in [-0.2, 0) is 25.0 Å². The Bertz CT molecular complexity index is 4790. The summed E-state index contributed by atoms with van der Waals surface area (Å²) in [6.07, 6.45) is 3.20. The quantitative estimate of drug-likeness (QED) is 0.0244. The molecule has 1 saturated carbocycles. The molecule has 13 heterocycles. The molecule has 7 saturated heterocycles. The number of carboxylic acids is 1. The van der Waals surface area contributed by atoms with Crippen molar-refractivity contribution in [2.75, 3.05) is 87.6 Å². The molecule has 2 aromatic carbocycles. The molecule has 8 aliphatic heterocycles. The molecule has 5 aromatic heterocycles. The zero-order valence-corrected chi connectivity index (χ0v) is 60.8. The predicted octanol–water partition coefficient (Wildman–Crippen LogP) is 2.45. The Kier molecular flexibility index (Phi) is 23.4. The number of methoxy groups -OCH3 is 1. The number of benzene rings is 2. The van der Waals surface area contributed by atoms with E-state index in [4.69, 9.17) is 63.0 Å². The van der Waals surface area contributed by atoms with Crippen LogP contribution in [0.25, 0.3) is 22.1 Å². The number of carbonyl (C=O) groups excluding carboxylic acids is 1. The van der Waals surface area contributed by atoms with Crippen molar-refractivity contribution < 1.29 is 103 Å². The normalized spacial score (nSPS) is 28.6. The molecule has 42 heteroatoms. The van der Waals surface area contributed by atoms with Gasteiger partial charge in [-0.05, 0) is 131 Å². The third kappa shape index (κ3) is 15.8. The minimum atomic E-state index is -4.78. The average molecular weight is 1590 g/mol. The van der Waals surface area contributed by atoms with Crippen LogP contribution in [0, 0.1) is 35.6 Å². The smallest absolute Gasteiger partial charge is 0.469 e. The van der Waals surface area contributed by atoms with Crippen molar-refractivity contribution in [2.45, 2.75) is 149 Å². The molecular weight excluding hydrogens is 1500 g/mol. The largest absolute Gasteiger partial charge is 0.492 e. The Morgan fingerprint density at radius 2 is 1.66 bits per heavy atom. The third-order valence-electron chi connectivity index (χ3n) is 21.9. The van der Waals surface area contributed by atoms with E-state index in [1.165, 1.54) is 93.1 Å². The number of nitrogens with two attached hydrogens (primary N) is 3. The van der Waals surface area contributed by atoms with Crippen LogP contribution >= 0.6 is 19.4 Å². The van der Waals surface area contributed by atoms with Gasteiger partial charge in [0.1, 0.15) is 53.4 Å². The second-order valence-electron chi connectivity index (χ2n) is 28.7. The van der Waals surface area contributed by atoms with Gasteiger partial charge < -0.3 is 96.6 Å². The first-order chi connectivity index (χ1) is 52.4. The molecule has 7 aromatic rings. The second-order valence-corrected chi connectivity index (χ2v) is 30.3. The molecule has 11 aliphatic rings. The summed E-state index contributed by atoms with van der Waals surface area (Å²) in [5.41, 5.74) is 18.3. The molecule has 14 atom stereocenters. The van der Waals surface area contributed by atoms with Gasteiger partial charge in [-0.3, -0.25) is 33.0 Å². The van der Waals surface area contributed by atoms with E-state index in [0.29, 0.717) is 68.6 Å². The van der Waals surface area contributed by atoms with Gasteiger partial charge in [0.15, 0.2) is 58.3 Å². The van der Waals surface area contributed by atoms with E-state index in [1.54, 1.807) is 4.57 Å².